The summed E-state index contributed by atoms with van der Waals surface area (Å²) in [5.74, 6) is 0.206. The van der Waals surface area contributed by atoms with Gasteiger partial charge in [-0.15, -0.1) is 0 Å². The van der Waals surface area contributed by atoms with E-state index in [1.165, 1.54) is 0 Å². The van der Waals surface area contributed by atoms with E-state index in [1.807, 2.05) is 49.4 Å². The number of primary amides is 1. The van der Waals surface area contributed by atoms with Crippen molar-refractivity contribution >= 4 is 27.5 Å². The van der Waals surface area contributed by atoms with E-state index in [9.17, 15) is 4.79 Å². The Morgan fingerprint density at radius 3 is 2.62 bits per heavy atom. The van der Waals surface area contributed by atoms with Crippen LogP contribution >= 0.6 is 15.9 Å². The van der Waals surface area contributed by atoms with Gasteiger partial charge in [-0.05, 0) is 36.2 Å². The van der Waals surface area contributed by atoms with Crippen molar-refractivity contribution in [3.05, 3.63) is 58.1 Å². The molecule has 4 nitrogen and oxygen atoms in total. The van der Waals surface area contributed by atoms with Crippen LogP contribution in [0, 0.1) is 6.92 Å². The highest BCUT2D eigenvalue weighted by atomic mass is 79.9. The molecule has 2 aromatic rings. The molecule has 0 saturated heterocycles. The summed E-state index contributed by atoms with van der Waals surface area (Å²) < 4.78 is 6.13. The molecular formula is C16H17BrN2O2. The van der Waals surface area contributed by atoms with E-state index < -0.39 is 11.9 Å². The molecule has 0 spiro atoms. The number of aryl methyl sites for hydroxylation is 1. The molecule has 0 saturated carbocycles. The normalized spacial score (nSPS) is 11.8. The molecule has 0 fully saturated rings. The monoisotopic (exact) mass is 348 g/mol. The predicted octanol–water partition coefficient (Wildman–Crippen LogP) is 3.40. The van der Waals surface area contributed by atoms with Crippen molar-refractivity contribution in [3.63, 3.8) is 0 Å². The van der Waals surface area contributed by atoms with E-state index in [2.05, 4.69) is 21.2 Å². The molecule has 110 valence electrons. The Morgan fingerprint density at radius 2 is 2.00 bits per heavy atom. The second kappa shape index (κ2) is 6.63. The molecule has 0 aromatic heterocycles. The lowest BCUT2D eigenvalue weighted by Crippen LogP contribution is -2.28. The van der Waals surface area contributed by atoms with Crippen LogP contribution in [0.5, 0.6) is 5.75 Å². The number of nitrogens with one attached hydrogen (secondary N) is 1. The van der Waals surface area contributed by atoms with E-state index in [-0.39, 0.29) is 0 Å². The number of hydrogen-bond acceptors (Lipinski definition) is 3. The smallest absolute Gasteiger partial charge is 0.244 e. The zero-order valence-electron chi connectivity index (χ0n) is 11.9. The lowest BCUT2D eigenvalue weighted by molar-refractivity contribution is -0.118. The van der Waals surface area contributed by atoms with Gasteiger partial charge in [0.1, 0.15) is 11.8 Å². The van der Waals surface area contributed by atoms with Gasteiger partial charge in [0.2, 0.25) is 5.91 Å². The molecule has 1 amide bonds. The molecule has 5 heteroatoms. The van der Waals surface area contributed by atoms with Crippen LogP contribution in [-0.4, -0.2) is 13.0 Å². The Labute approximate surface area is 132 Å². The van der Waals surface area contributed by atoms with Gasteiger partial charge in [0.15, 0.2) is 0 Å². The first-order valence-electron chi connectivity index (χ1n) is 6.48. The van der Waals surface area contributed by atoms with Crippen LogP contribution < -0.4 is 15.8 Å². The van der Waals surface area contributed by atoms with E-state index in [0.717, 1.165) is 21.3 Å². The van der Waals surface area contributed by atoms with Gasteiger partial charge >= 0.3 is 0 Å². The van der Waals surface area contributed by atoms with Gasteiger partial charge in [-0.25, -0.2) is 0 Å². The van der Waals surface area contributed by atoms with Crippen LogP contribution in [0.1, 0.15) is 17.2 Å². The molecule has 2 rings (SSSR count). The molecular weight excluding hydrogens is 332 g/mol. The fourth-order valence-corrected chi connectivity index (χ4v) is 2.81. The Balaban J connectivity index is 2.38. The number of carbonyl (C=O) groups excluding carboxylic acids is 1. The molecule has 0 aliphatic rings. The minimum atomic E-state index is -0.642. The third-order valence-corrected chi connectivity index (χ3v) is 3.85. The number of anilines is 1. The Morgan fingerprint density at radius 1 is 1.29 bits per heavy atom. The van der Waals surface area contributed by atoms with E-state index >= 15 is 0 Å². The summed E-state index contributed by atoms with van der Waals surface area (Å²) in [4.78, 5) is 11.8. The van der Waals surface area contributed by atoms with Gasteiger partial charge < -0.3 is 15.8 Å². The highest BCUT2D eigenvalue weighted by Crippen LogP contribution is 2.31. The summed E-state index contributed by atoms with van der Waals surface area (Å²) in [6, 6.07) is 12.5. The van der Waals surface area contributed by atoms with E-state index in [1.54, 1.807) is 7.11 Å². The summed E-state index contributed by atoms with van der Waals surface area (Å²) in [6.07, 6.45) is 0. The highest BCUT2D eigenvalue weighted by Gasteiger charge is 2.21. The molecule has 0 aliphatic heterocycles. The number of rotatable bonds is 5. The molecule has 0 aliphatic carbocycles. The van der Waals surface area contributed by atoms with Crippen molar-refractivity contribution < 1.29 is 9.53 Å². The Hall–Kier alpha value is -2.01. The maximum Gasteiger partial charge on any atom is 0.244 e. The average Bonchev–Trinajstić information content (AvgIpc) is 2.45. The van der Waals surface area contributed by atoms with E-state index in [0.29, 0.717) is 5.75 Å². The first-order valence-corrected chi connectivity index (χ1v) is 7.27. The van der Waals surface area contributed by atoms with Gasteiger partial charge in [0, 0.05) is 4.47 Å². The number of para-hydroxylation sites is 2. The fourth-order valence-electron chi connectivity index (χ4n) is 2.09. The number of hydrogen-bond donors (Lipinski definition) is 2. The second-order valence-electron chi connectivity index (χ2n) is 4.70. The summed E-state index contributed by atoms with van der Waals surface area (Å²) in [5.41, 5.74) is 8.16. The molecule has 1 atom stereocenters. The standard InChI is InChI=1S/C16H17BrN2O2/c1-10-7-8-11(12(17)9-10)15(16(18)20)19-13-5-3-4-6-14(13)21-2/h3-9,15,19H,1-2H3,(H2,18,20). The van der Waals surface area contributed by atoms with Gasteiger partial charge in [-0.1, -0.05) is 40.2 Å². The lowest BCUT2D eigenvalue weighted by Gasteiger charge is -2.20. The number of nitrogens with two attached hydrogens (primary N) is 1. The van der Waals surface area contributed by atoms with Crippen LogP contribution in [0.15, 0.2) is 46.9 Å². The summed E-state index contributed by atoms with van der Waals surface area (Å²) in [5, 5.41) is 3.15. The van der Waals surface area contributed by atoms with Crippen LogP contribution in [0.2, 0.25) is 0 Å². The molecule has 2 aromatic carbocycles. The topological polar surface area (TPSA) is 64.3 Å². The van der Waals surface area contributed by atoms with Crippen molar-refractivity contribution in [2.75, 3.05) is 12.4 Å². The number of ether oxygens (including phenoxy) is 1. The maximum absolute atomic E-state index is 11.8. The van der Waals surface area contributed by atoms with Crippen molar-refractivity contribution in [1.29, 1.82) is 0 Å². The predicted molar refractivity (Wildman–Crippen MR) is 87.4 cm³/mol. The third kappa shape index (κ3) is 3.55. The van der Waals surface area contributed by atoms with Gasteiger partial charge in [-0.2, -0.15) is 0 Å². The number of halogens is 1. The Bertz CT molecular complexity index is 658. The number of carbonyl (C=O) groups is 1. The first-order chi connectivity index (χ1) is 10.0. The number of methoxy groups -OCH3 is 1. The maximum atomic E-state index is 11.8. The van der Waals surface area contributed by atoms with Gasteiger partial charge in [0.05, 0.1) is 12.8 Å². The zero-order chi connectivity index (χ0) is 15.4. The van der Waals surface area contributed by atoms with Crippen LogP contribution in [0.25, 0.3) is 0 Å². The largest absolute Gasteiger partial charge is 0.495 e. The summed E-state index contributed by atoms with van der Waals surface area (Å²) in [6.45, 7) is 1.99. The number of amides is 1. The first kappa shape index (κ1) is 15.4. The minimum absolute atomic E-state index is 0.453. The minimum Gasteiger partial charge on any atom is -0.495 e. The van der Waals surface area contributed by atoms with E-state index in [4.69, 9.17) is 10.5 Å². The number of benzene rings is 2. The molecule has 0 radical (unpaired) electrons. The van der Waals surface area contributed by atoms with Gasteiger partial charge in [-0.3, -0.25) is 4.79 Å². The van der Waals surface area contributed by atoms with Crippen molar-refractivity contribution in [2.45, 2.75) is 13.0 Å². The highest BCUT2D eigenvalue weighted by molar-refractivity contribution is 9.10. The van der Waals surface area contributed by atoms with Crippen LogP contribution in [0.3, 0.4) is 0 Å². The average molecular weight is 349 g/mol. The summed E-state index contributed by atoms with van der Waals surface area (Å²) in [7, 11) is 1.58. The second-order valence-corrected chi connectivity index (χ2v) is 5.56. The SMILES string of the molecule is COc1ccccc1NC(C(N)=O)c1ccc(C)cc1Br. The Kier molecular flexibility index (Phi) is 4.85. The third-order valence-electron chi connectivity index (χ3n) is 3.16. The van der Waals surface area contributed by atoms with Crippen LogP contribution in [-0.2, 0) is 4.79 Å². The molecule has 1 unspecified atom stereocenters. The fraction of sp³-hybridized carbons (Fsp3) is 0.188. The van der Waals surface area contributed by atoms with Gasteiger partial charge in [0.25, 0.3) is 0 Å². The van der Waals surface area contributed by atoms with Crippen molar-refractivity contribution in [1.82, 2.24) is 0 Å². The molecule has 3 N–H and O–H groups in total. The van der Waals surface area contributed by atoms with Crippen LogP contribution in [0.4, 0.5) is 5.69 Å². The van der Waals surface area contributed by atoms with Crippen molar-refractivity contribution in [2.24, 2.45) is 5.73 Å². The molecule has 0 heterocycles. The lowest BCUT2D eigenvalue weighted by atomic mass is 10.0. The van der Waals surface area contributed by atoms with Crippen molar-refractivity contribution in [3.8, 4) is 5.75 Å². The molecule has 0 bridgehead atoms. The quantitative estimate of drug-likeness (QED) is 0.870. The summed E-state index contributed by atoms with van der Waals surface area (Å²) >= 11 is 3.49. The molecule has 21 heavy (non-hydrogen) atoms. The zero-order valence-corrected chi connectivity index (χ0v) is 13.5.